The molecule has 6 heteroatoms. The maximum atomic E-state index is 12.9. The Hall–Kier alpha value is -2.17. The molecule has 2 aromatic rings. The fourth-order valence-electron chi connectivity index (χ4n) is 2.46. The van der Waals surface area contributed by atoms with Crippen LogP contribution in [0.4, 0.5) is 0 Å². The van der Waals surface area contributed by atoms with Crippen LogP contribution in [0.3, 0.4) is 0 Å². The van der Waals surface area contributed by atoms with E-state index in [0.29, 0.717) is 12.2 Å². The van der Waals surface area contributed by atoms with Crippen molar-refractivity contribution in [3.05, 3.63) is 65.7 Å². The van der Waals surface area contributed by atoms with Crippen LogP contribution in [-0.4, -0.2) is 43.6 Å². The number of ether oxygens (including phenoxy) is 1. The summed E-state index contributed by atoms with van der Waals surface area (Å²) in [5.74, 6) is 5.51. The smallest absolute Gasteiger partial charge is 0.244 e. The molecule has 2 aromatic carbocycles. The SMILES string of the molecule is Cc1ccc(S(=O)(=O)N(CC#CC(O)c2ccccc2)CC2CO2)cc1. The van der Waals surface area contributed by atoms with E-state index in [0.717, 1.165) is 5.56 Å². The van der Waals surface area contributed by atoms with Crippen LogP contribution in [0.15, 0.2) is 59.5 Å². The third kappa shape index (κ3) is 4.71. The predicted octanol–water partition coefficient (Wildman–Crippen LogP) is 2.12. The van der Waals surface area contributed by atoms with Crippen LogP contribution in [0.25, 0.3) is 0 Å². The Kier molecular flexibility index (Phi) is 5.74. The van der Waals surface area contributed by atoms with Gasteiger partial charge in [0.1, 0.15) is 6.10 Å². The maximum absolute atomic E-state index is 12.9. The van der Waals surface area contributed by atoms with Crippen molar-refractivity contribution in [1.82, 2.24) is 4.31 Å². The number of aliphatic hydroxyl groups excluding tert-OH is 1. The molecule has 3 rings (SSSR count). The van der Waals surface area contributed by atoms with Crippen LogP contribution in [0.2, 0.25) is 0 Å². The first-order chi connectivity index (χ1) is 12.5. The second kappa shape index (κ2) is 8.02. The van der Waals surface area contributed by atoms with E-state index >= 15 is 0 Å². The van der Waals surface area contributed by atoms with Crippen molar-refractivity contribution in [3.63, 3.8) is 0 Å². The number of epoxide rings is 1. The zero-order valence-corrected chi connectivity index (χ0v) is 15.3. The second-order valence-corrected chi connectivity index (χ2v) is 8.14. The molecular weight excluding hydrogens is 350 g/mol. The summed E-state index contributed by atoms with van der Waals surface area (Å²) in [5.41, 5.74) is 1.67. The molecule has 2 atom stereocenters. The summed E-state index contributed by atoms with van der Waals surface area (Å²) in [7, 11) is -3.67. The summed E-state index contributed by atoms with van der Waals surface area (Å²) in [5, 5.41) is 10.1. The lowest BCUT2D eigenvalue weighted by Crippen LogP contribution is -2.34. The van der Waals surface area contributed by atoms with Gasteiger partial charge < -0.3 is 9.84 Å². The number of nitrogens with zero attached hydrogens (tertiary/aromatic N) is 1. The average molecular weight is 371 g/mol. The highest BCUT2D eigenvalue weighted by Gasteiger charge is 2.32. The Morgan fingerprint density at radius 1 is 1.19 bits per heavy atom. The molecule has 1 heterocycles. The molecular formula is C20H21NO4S. The highest BCUT2D eigenvalue weighted by molar-refractivity contribution is 7.89. The van der Waals surface area contributed by atoms with Gasteiger partial charge in [-0.2, -0.15) is 4.31 Å². The average Bonchev–Trinajstić information content (AvgIpc) is 3.46. The van der Waals surface area contributed by atoms with Gasteiger partial charge in [0, 0.05) is 6.54 Å². The zero-order chi connectivity index (χ0) is 18.6. The molecule has 0 bridgehead atoms. The van der Waals surface area contributed by atoms with Crippen LogP contribution >= 0.6 is 0 Å². The van der Waals surface area contributed by atoms with Crippen molar-refractivity contribution < 1.29 is 18.3 Å². The minimum Gasteiger partial charge on any atom is -0.376 e. The number of sulfonamides is 1. The van der Waals surface area contributed by atoms with Gasteiger partial charge in [-0.05, 0) is 24.6 Å². The van der Waals surface area contributed by atoms with Gasteiger partial charge in [0.15, 0.2) is 0 Å². The van der Waals surface area contributed by atoms with E-state index in [4.69, 9.17) is 4.74 Å². The number of hydrogen-bond donors (Lipinski definition) is 1. The molecule has 0 aromatic heterocycles. The lowest BCUT2D eigenvalue weighted by Gasteiger charge is -2.19. The molecule has 1 aliphatic rings. The van der Waals surface area contributed by atoms with Gasteiger partial charge in [0.05, 0.1) is 24.2 Å². The van der Waals surface area contributed by atoms with Crippen LogP contribution < -0.4 is 0 Å². The molecule has 1 saturated heterocycles. The molecule has 2 unspecified atom stereocenters. The fraction of sp³-hybridized carbons (Fsp3) is 0.300. The molecule has 0 spiro atoms. The molecule has 1 aliphatic heterocycles. The van der Waals surface area contributed by atoms with E-state index in [1.54, 1.807) is 36.4 Å². The summed E-state index contributed by atoms with van der Waals surface area (Å²) < 4.78 is 32.3. The standard InChI is InChI=1S/C20H21NO4S/c1-16-9-11-19(12-10-16)26(23,24)21(14-18-15-25-18)13-5-8-20(22)17-6-3-2-4-7-17/h2-4,6-7,9-12,18,20,22H,13-15H2,1H3. The molecule has 1 fully saturated rings. The van der Waals surface area contributed by atoms with Crippen molar-refractivity contribution in [1.29, 1.82) is 0 Å². The van der Waals surface area contributed by atoms with Crippen LogP contribution in [-0.2, 0) is 14.8 Å². The van der Waals surface area contributed by atoms with Crippen molar-refractivity contribution in [2.24, 2.45) is 0 Å². The summed E-state index contributed by atoms with van der Waals surface area (Å²) in [6.45, 7) is 2.72. The summed E-state index contributed by atoms with van der Waals surface area (Å²) >= 11 is 0. The second-order valence-electron chi connectivity index (χ2n) is 6.20. The van der Waals surface area contributed by atoms with E-state index in [1.165, 1.54) is 4.31 Å². The largest absolute Gasteiger partial charge is 0.376 e. The van der Waals surface area contributed by atoms with E-state index < -0.39 is 16.1 Å². The molecule has 0 saturated carbocycles. The Morgan fingerprint density at radius 3 is 2.46 bits per heavy atom. The van der Waals surface area contributed by atoms with Crippen LogP contribution in [0, 0.1) is 18.8 Å². The predicted molar refractivity (Wildman–Crippen MR) is 98.9 cm³/mol. The Balaban J connectivity index is 1.76. The Labute approximate surface area is 154 Å². The normalized spacial score (nSPS) is 17.4. The molecule has 1 N–H and O–H groups in total. The highest BCUT2D eigenvalue weighted by atomic mass is 32.2. The molecule has 5 nitrogen and oxygen atoms in total. The lowest BCUT2D eigenvalue weighted by atomic mass is 10.1. The highest BCUT2D eigenvalue weighted by Crippen LogP contribution is 2.20. The van der Waals surface area contributed by atoms with E-state index in [9.17, 15) is 13.5 Å². The number of benzene rings is 2. The van der Waals surface area contributed by atoms with Gasteiger partial charge in [-0.15, -0.1) is 0 Å². The van der Waals surface area contributed by atoms with Gasteiger partial charge in [-0.25, -0.2) is 8.42 Å². The van der Waals surface area contributed by atoms with Crippen molar-refractivity contribution in [2.45, 2.75) is 24.0 Å². The number of hydrogen-bond acceptors (Lipinski definition) is 4. The minimum atomic E-state index is -3.67. The van der Waals surface area contributed by atoms with Crippen molar-refractivity contribution in [2.75, 3.05) is 19.7 Å². The monoisotopic (exact) mass is 371 g/mol. The summed E-state index contributed by atoms with van der Waals surface area (Å²) in [4.78, 5) is 0.231. The number of rotatable bonds is 6. The van der Waals surface area contributed by atoms with E-state index in [1.807, 2.05) is 25.1 Å². The third-order valence-corrected chi connectivity index (χ3v) is 5.90. The number of aryl methyl sites for hydroxylation is 1. The molecule has 136 valence electrons. The van der Waals surface area contributed by atoms with Gasteiger partial charge in [-0.3, -0.25) is 0 Å². The molecule has 0 amide bonds. The van der Waals surface area contributed by atoms with Crippen molar-refractivity contribution in [3.8, 4) is 11.8 Å². The third-order valence-electron chi connectivity index (χ3n) is 4.08. The number of aliphatic hydroxyl groups is 1. The fourth-order valence-corrected chi connectivity index (χ4v) is 3.83. The van der Waals surface area contributed by atoms with Gasteiger partial charge in [-0.1, -0.05) is 59.9 Å². The van der Waals surface area contributed by atoms with Crippen molar-refractivity contribution >= 4 is 10.0 Å². The minimum absolute atomic E-state index is 0.0000364. The molecule has 0 aliphatic carbocycles. The molecule has 26 heavy (non-hydrogen) atoms. The first kappa shape index (κ1) is 18.6. The van der Waals surface area contributed by atoms with Crippen LogP contribution in [0.5, 0.6) is 0 Å². The summed E-state index contributed by atoms with van der Waals surface area (Å²) in [6.07, 6.45) is -1.03. The Bertz CT molecular complexity index is 894. The van der Waals surface area contributed by atoms with Gasteiger partial charge >= 0.3 is 0 Å². The quantitative estimate of drug-likeness (QED) is 0.624. The maximum Gasteiger partial charge on any atom is 0.244 e. The Morgan fingerprint density at radius 2 is 1.85 bits per heavy atom. The van der Waals surface area contributed by atoms with E-state index in [-0.39, 0.29) is 24.1 Å². The lowest BCUT2D eigenvalue weighted by molar-refractivity contribution is 0.238. The topological polar surface area (TPSA) is 70.1 Å². The van der Waals surface area contributed by atoms with Crippen LogP contribution in [0.1, 0.15) is 17.2 Å². The summed E-state index contributed by atoms with van der Waals surface area (Å²) in [6, 6.07) is 15.8. The van der Waals surface area contributed by atoms with Gasteiger partial charge in [0.2, 0.25) is 10.0 Å². The first-order valence-corrected chi connectivity index (χ1v) is 9.80. The van der Waals surface area contributed by atoms with E-state index in [2.05, 4.69) is 11.8 Å². The first-order valence-electron chi connectivity index (χ1n) is 8.36. The zero-order valence-electron chi connectivity index (χ0n) is 14.5. The van der Waals surface area contributed by atoms with Gasteiger partial charge in [0.25, 0.3) is 0 Å². The molecule has 0 radical (unpaired) electrons.